The summed E-state index contributed by atoms with van der Waals surface area (Å²) < 4.78 is 41.1. The Labute approximate surface area is 197 Å². The molecule has 0 aliphatic carbocycles. The van der Waals surface area contributed by atoms with Gasteiger partial charge in [-0.25, -0.2) is 9.97 Å². The first-order valence-electron chi connectivity index (χ1n) is 9.84. The summed E-state index contributed by atoms with van der Waals surface area (Å²) >= 11 is 2.20. The molecule has 0 bridgehead atoms. The van der Waals surface area contributed by atoms with Crippen LogP contribution in [0.5, 0.6) is 0 Å². The summed E-state index contributed by atoms with van der Waals surface area (Å²) in [6.45, 7) is 0. The molecule has 0 fully saturated rings. The number of thioether (sulfide) groups is 1. The molecule has 12 heteroatoms. The van der Waals surface area contributed by atoms with E-state index in [1.54, 1.807) is 35.8 Å². The van der Waals surface area contributed by atoms with Gasteiger partial charge in [-0.15, -0.1) is 11.3 Å². The summed E-state index contributed by atoms with van der Waals surface area (Å²) in [5.74, 6) is -0.512. The van der Waals surface area contributed by atoms with Crippen molar-refractivity contribution in [1.29, 1.82) is 0 Å². The third-order valence-corrected chi connectivity index (χ3v) is 6.56. The van der Waals surface area contributed by atoms with Crippen molar-refractivity contribution in [2.45, 2.75) is 11.3 Å². The number of alkyl halides is 3. The minimum Gasteiger partial charge on any atom is -0.349 e. The van der Waals surface area contributed by atoms with Crippen LogP contribution < -0.4 is 10.9 Å². The van der Waals surface area contributed by atoms with Crippen molar-refractivity contribution in [2.24, 2.45) is 0 Å². The van der Waals surface area contributed by atoms with Crippen molar-refractivity contribution in [3.8, 4) is 5.69 Å². The number of H-pyrrole nitrogens is 1. The van der Waals surface area contributed by atoms with Crippen molar-refractivity contribution in [1.82, 2.24) is 19.5 Å². The molecule has 5 rings (SSSR count). The van der Waals surface area contributed by atoms with E-state index in [1.807, 2.05) is 0 Å². The standard InChI is InChI=1S/C22H14F3N5O2S2/c23-22(24,25)12-4-3-5-13(10-12)30-19(32)18-17(14-6-1-2-7-15(14)27-18)29-21(30)34-11-16(31)28-20-26-8-9-33-20/h1-10,27H,11H2,(H,26,28,31). The topological polar surface area (TPSA) is 92.7 Å². The van der Waals surface area contributed by atoms with Crippen LogP contribution in [0.3, 0.4) is 0 Å². The van der Waals surface area contributed by atoms with Crippen LogP contribution in [-0.4, -0.2) is 31.2 Å². The zero-order chi connectivity index (χ0) is 23.9. The maximum absolute atomic E-state index is 13.5. The third-order valence-electron chi connectivity index (χ3n) is 4.94. The molecule has 2 N–H and O–H groups in total. The lowest BCUT2D eigenvalue weighted by Crippen LogP contribution is -2.23. The van der Waals surface area contributed by atoms with Crippen molar-refractivity contribution < 1.29 is 18.0 Å². The average Bonchev–Trinajstić information content (AvgIpc) is 3.45. The molecule has 34 heavy (non-hydrogen) atoms. The van der Waals surface area contributed by atoms with Crippen molar-refractivity contribution in [3.05, 3.63) is 76.0 Å². The highest BCUT2D eigenvalue weighted by molar-refractivity contribution is 7.99. The van der Waals surface area contributed by atoms with Gasteiger partial charge >= 0.3 is 6.18 Å². The summed E-state index contributed by atoms with van der Waals surface area (Å²) in [6, 6.07) is 11.6. The Morgan fingerprint density at radius 1 is 1.18 bits per heavy atom. The predicted molar refractivity (Wildman–Crippen MR) is 126 cm³/mol. The number of carbonyl (C=O) groups excluding carboxylic acids is 1. The lowest BCUT2D eigenvalue weighted by Gasteiger charge is -2.14. The van der Waals surface area contributed by atoms with Crippen LogP contribution in [0.2, 0.25) is 0 Å². The molecule has 172 valence electrons. The molecule has 0 unspecified atom stereocenters. The lowest BCUT2D eigenvalue weighted by atomic mass is 10.2. The molecular weight excluding hydrogens is 487 g/mol. The minimum absolute atomic E-state index is 0.00397. The number of anilines is 1. The van der Waals surface area contributed by atoms with E-state index in [4.69, 9.17) is 0 Å². The number of thiazole rings is 1. The van der Waals surface area contributed by atoms with Crippen molar-refractivity contribution >= 4 is 56.1 Å². The minimum atomic E-state index is -4.58. The third kappa shape index (κ3) is 4.17. The van der Waals surface area contributed by atoms with Gasteiger partial charge in [-0.1, -0.05) is 36.0 Å². The Morgan fingerprint density at radius 3 is 2.76 bits per heavy atom. The van der Waals surface area contributed by atoms with Gasteiger partial charge in [0.1, 0.15) is 11.0 Å². The Kier molecular flexibility index (Phi) is 5.62. The molecule has 0 saturated heterocycles. The van der Waals surface area contributed by atoms with Crippen molar-refractivity contribution in [3.63, 3.8) is 0 Å². The molecule has 3 aromatic heterocycles. The first-order chi connectivity index (χ1) is 16.3. The number of benzene rings is 2. The number of hydrogen-bond donors (Lipinski definition) is 2. The van der Waals surface area contributed by atoms with Crippen LogP contribution in [0, 0.1) is 0 Å². The van der Waals surface area contributed by atoms with Crippen LogP contribution in [0.4, 0.5) is 18.3 Å². The zero-order valence-electron chi connectivity index (χ0n) is 17.1. The number of nitrogens with one attached hydrogen (secondary N) is 2. The number of fused-ring (bicyclic) bond motifs is 3. The molecule has 0 radical (unpaired) electrons. The first kappa shape index (κ1) is 22.2. The molecule has 3 heterocycles. The Balaban J connectivity index is 1.63. The molecule has 0 saturated carbocycles. The Morgan fingerprint density at radius 2 is 2.00 bits per heavy atom. The number of amides is 1. The van der Waals surface area contributed by atoms with E-state index in [-0.39, 0.29) is 28.0 Å². The second-order valence-electron chi connectivity index (χ2n) is 7.15. The highest BCUT2D eigenvalue weighted by Crippen LogP contribution is 2.32. The number of aromatic nitrogens is 4. The van der Waals surface area contributed by atoms with E-state index < -0.39 is 17.3 Å². The fraction of sp³-hybridized carbons (Fsp3) is 0.0909. The van der Waals surface area contributed by atoms with Gasteiger partial charge in [-0.2, -0.15) is 13.2 Å². The monoisotopic (exact) mass is 501 g/mol. The number of aromatic amines is 1. The molecular formula is C22H14F3N5O2S2. The van der Waals surface area contributed by atoms with Gasteiger partial charge in [-0.05, 0) is 24.3 Å². The quantitative estimate of drug-likeness (QED) is 0.259. The molecule has 1 amide bonds. The van der Waals surface area contributed by atoms with E-state index >= 15 is 0 Å². The fourth-order valence-electron chi connectivity index (χ4n) is 3.46. The highest BCUT2D eigenvalue weighted by atomic mass is 32.2. The molecule has 2 aromatic carbocycles. The molecule has 0 aliphatic rings. The maximum Gasteiger partial charge on any atom is 0.416 e. The van der Waals surface area contributed by atoms with E-state index in [9.17, 15) is 22.8 Å². The van der Waals surface area contributed by atoms with Crippen LogP contribution >= 0.6 is 23.1 Å². The number of para-hydroxylation sites is 1. The first-order valence-corrected chi connectivity index (χ1v) is 11.7. The average molecular weight is 502 g/mol. The second-order valence-corrected chi connectivity index (χ2v) is 8.99. The number of nitrogens with zero attached hydrogens (tertiary/aromatic N) is 3. The van der Waals surface area contributed by atoms with Gasteiger partial charge in [0.25, 0.3) is 5.56 Å². The van der Waals surface area contributed by atoms with Gasteiger partial charge in [0.15, 0.2) is 10.3 Å². The molecule has 0 spiro atoms. The fourth-order valence-corrected chi connectivity index (χ4v) is 4.81. The van der Waals surface area contributed by atoms with Crippen LogP contribution in [0.1, 0.15) is 5.56 Å². The molecule has 0 atom stereocenters. The normalized spacial score (nSPS) is 11.9. The number of halogens is 3. The number of hydrogen-bond acceptors (Lipinski definition) is 6. The SMILES string of the molecule is O=C(CSc1nc2c([nH]c3ccccc32)c(=O)n1-c1cccc(C(F)(F)F)c1)Nc1nccs1. The summed E-state index contributed by atoms with van der Waals surface area (Å²) in [6.07, 6.45) is -3.04. The smallest absolute Gasteiger partial charge is 0.349 e. The maximum atomic E-state index is 13.5. The van der Waals surface area contributed by atoms with Gasteiger partial charge in [0, 0.05) is 22.5 Å². The number of rotatable bonds is 5. The van der Waals surface area contributed by atoms with Gasteiger partial charge in [0.05, 0.1) is 17.0 Å². The van der Waals surface area contributed by atoms with Gasteiger partial charge < -0.3 is 10.3 Å². The molecule has 0 aliphatic heterocycles. The summed E-state index contributed by atoms with van der Waals surface area (Å²) in [4.78, 5) is 37.4. The van der Waals surface area contributed by atoms with Crippen LogP contribution in [0.25, 0.3) is 27.6 Å². The second kappa shape index (κ2) is 8.61. The van der Waals surface area contributed by atoms with Gasteiger partial charge in [-0.3, -0.25) is 14.2 Å². The lowest BCUT2D eigenvalue weighted by molar-refractivity contribution is -0.137. The van der Waals surface area contributed by atoms with Gasteiger partial charge in [0.2, 0.25) is 5.91 Å². The summed E-state index contributed by atoms with van der Waals surface area (Å²) in [7, 11) is 0. The summed E-state index contributed by atoms with van der Waals surface area (Å²) in [5.41, 5.74) is -0.256. The Bertz CT molecular complexity index is 1580. The predicted octanol–water partition coefficient (Wildman–Crippen LogP) is 5.07. The van der Waals surface area contributed by atoms with E-state index in [0.717, 1.165) is 28.5 Å². The van der Waals surface area contributed by atoms with Crippen molar-refractivity contribution in [2.75, 3.05) is 11.1 Å². The van der Waals surface area contributed by atoms with Crippen LogP contribution in [0.15, 0.2) is 70.1 Å². The molecule has 5 aromatic rings. The number of carbonyl (C=O) groups is 1. The van der Waals surface area contributed by atoms with E-state index in [1.165, 1.54) is 23.5 Å². The van der Waals surface area contributed by atoms with E-state index in [0.29, 0.717) is 21.6 Å². The summed E-state index contributed by atoms with van der Waals surface area (Å²) in [5, 5.41) is 5.55. The Hall–Kier alpha value is -3.64. The molecule has 7 nitrogen and oxygen atoms in total. The highest BCUT2D eigenvalue weighted by Gasteiger charge is 2.31. The van der Waals surface area contributed by atoms with E-state index in [2.05, 4.69) is 20.3 Å². The largest absolute Gasteiger partial charge is 0.416 e. The van der Waals surface area contributed by atoms with Crippen LogP contribution in [-0.2, 0) is 11.0 Å². The zero-order valence-corrected chi connectivity index (χ0v) is 18.7.